The summed E-state index contributed by atoms with van der Waals surface area (Å²) in [4.78, 5) is 27.4. The average Bonchev–Trinajstić information content (AvgIpc) is 2.78. The molecule has 3 rings (SSSR count). The molecule has 182 valence electrons. The van der Waals surface area contributed by atoms with Crippen molar-refractivity contribution in [3.05, 3.63) is 75.1 Å². The van der Waals surface area contributed by atoms with Gasteiger partial charge < -0.3 is 20.4 Å². The molecule has 6 heteroatoms. The maximum Gasteiger partial charge on any atom is 0.258 e. The first-order valence-corrected chi connectivity index (χ1v) is 11.3. The Labute approximate surface area is 197 Å². The molecule has 0 aliphatic heterocycles. The molecule has 0 radical (unpaired) electrons. The molecule has 0 unspecified atom stereocenters. The van der Waals surface area contributed by atoms with E-state index >= 15 is 0 Å². The van der Waals surface area contributed by atoms with Crippen molar-refractivity contribution in [3.63, 3.8) is 0 Å². The van der Waals surface area contributed by atoms with Crippen molar-refractivity contribution in [3.8, 4) is 0 Å². The second-order valence-electron chi connectivity index (χ2n) is 7.90. The summed E-state index contributed by atoms with van der Waals surface area (Å²) < 4.78 is 1.76. The number of nitrogens with zero attached hydrogens (tertiary/aromatic N) is 2. The fourth-order valence-electron chi connectivity index (χ4n) is 3.91. The van der Waals surface area contributed by atoms with Crippen LogP contribution < -0.4 is 10.5 Å². The van der Waals surface area contributed by atoms with Crippen molar-refractivity contribution in [1.29, 1.82) is 0 Å². The molecule has 6 nitrogen and oxygen atoms in total. The monoisotopic (exact) mass is 456 g/mol. The molecule has 1 amide bonds. The molecule has 0 saturated carbocycles. The molecule has 0 fully saturated rings. The second kappa shape index (κ2) is 12.9. The van der Waals surface area contributed by atoms with Crippen LogP contribution in [-0.4, -0.2) is 28.5 Å². The first-order valence-electron chi connectivity index (χ1n) is 11.3. The van der Waals surface area contributed by atoms with Crippen LogP contribution in [0.1, 0.15) is 74.5 Å². The van der Waals surface area contributed by atoms with Gasteiger partial charge in [-0.3, -0.25) is 9.59 Å². The lowest BCUT2D eigenvalue weighted by atomic mass is 9.97. The minimum Gasteiger partial charge on any atom is -0.412 e. The van der Waals surface area contributed by atoms with E-state index in [-0.39, 0.29) is 28.3 Å². The van der Waals surface area contributed by atoms with E-state index in [1.807, 2.05) is 52.1 Å². The lowest BCUT2D eigenvalue weighted by Crippen LogP contribution is -2.26. The molecule has 33 heavy (non-hydrogen) atoms. The molecule has 2 aromatic carbocycles. The minimum atomic E-state index is -0.0539. The molecule has 0 aliphatic rings. The number of hydrogen-bond donors (Lipinski definition) is 0. The standard InChI is InChI=1S/C25H30N2O2.C2H6.2H2O/c1-7-18-13-20(11-9-17(18)5)26(6)25(29)19-10-12-23-22(14-19)21(16(3)4)15-24(28)27(23)8-2;1-2;;/h9-16H,7-8H2,1-6H3;1-2H3;2*1H2. The maximum atomic E-state index is 13.2. The Bertz CT molecular complexity index is 1130. The third-order valence-electron chi connectivity index (χ3n) is 5.73. The predicted molar refractivity (Wildman–Crippen MR) is 140 cm³/mol. The van der Waals surface area contributed by atoms with Crippen molar-refractivity contribution >= 4 is 22.5 Å². The summed E-state index contributed by atoms with van der Waals surface area (Å²) in [6, 6.07) is 13.5. The zero-order valence-electron chi connectivity index (χ0n) is 21.2. The number of hydrogen-bond acceptors (Lipinski definition) is 2. The third-order valence-corrected chi connectivity index (χ3v) is 5.73. The maximum absolute atomic E-state index is 13.2. The molecule has 1 heterocycles. The summed E-state index contributed by atoms with van der Waals surface area (Å²) in [5.74, 6) is 0.144. The van der Waals surface area contributed by atoms with Crippen molar-refractivity contribution < 1.29 is 15.7 Å². The zero-order valence-corrected chi connectivity index (χ0v) is 21.2. The lowest BCUT2D eigenvalue weighted by Gasteiger charge is -2.20. The number of aryl methyl sites for hydroxylation is 3. The number of amides is 1. The molecule has 1 aromatic heterocycles. The molecule has 4 N–H and O–H groups in total. The third kappa shape index (κ3) is 6.09. The molecule has 0 aliphatic carbocycles. The van der Waals surface area contributed by atoms with Crippen molar-refractivity contribution in [2.75, 3.05) is 11.9 Å². The van der Waals surface area contributed by atoms with E-state index in [9.17, 15) is 9.59 Å². The van der Waals surface area contributed by atoms with Crippen molar-refractivity contribution in [2.45, 2.75) is 67.3 Å². The summed E-state index contributed by atoms with van der Waals surface area (Å²) in [7, 11) is 1.81. The molecule has 0 bridgehead atoms. The summed E-state index contributed by atoms with van der Waals surface area (Å²) >= 11 is 0. The van der Waals surface area contributed by atoms with Crippen LogP contribution in [0, 0.1) is 6.92 Å². The van der Waals surface area contributed by atoms with E-state index in [1.165, 1.54) is 11.1 Å². The first kappa shape index (κ1) is 30.0. The highest BCUT2D eigenvalue weighted by atomic mass is 16.2. The molecule has 0 spiro atoms. The number of fused-ring (bicyclic) bond motifs is 1. The second-order valence-corrected chi connectivity index (χ2v) is 7.90. The largest absolute Gasteiger partial charge is 0.412 e. The average molecular weight is 457 g/mol. The Morgan fingerprint density at radius 3 is 2.18 bits per heavy atom. The van der Waals surface area contributed by atoms with Gasteiger partial charge in [-0.2, -0.15) is 0 Å². The highest BCUT2D eigenvalue weighted by molar-refractivity contribution is 6.07. The smallest absolute Gasteiger partial charge is 0.258 e. The predicted octanol–water partition coefficient (Wildman–Crippen LogP) is 4.67. The molecule has 3 aromatic rings. The van der Waals surface area contributed by atoms with Crippen LogP contribution in [0.4, 0.5) is 5.69 Å². The number of anilines is 1. The number of carbonyl (C=O) groups is 1. The Hall–Kier alpha value is -2.96. The molecular formula is C27H40N2O4. The van der Waals surface area contributed by atoms with E-state index in [4.69, 9.17) is 0 Å². The molecule has 0 atom stereocenters. The number of benzene rings is 2. The van der Waals surface area contributed by atoms with Crippen LogP contribution in [-0.2, 0) is 13.0 Å². The summed E-state index contributed by atoms with van der Waals surface area (Å²) in [5, 5.41) is 0.971. The lowest BCUT2D eigenvalue weighted by molar-refractivity contribution is 0.0993. The number of pyridine rings is 1. The summed E-state index contributed by atoms with van der Waals surface area (Å²) in [6.07, 6.45) is 0.934. The van der Waals surface area contributed by atoms with Gasteiger partial charge in [-0.05, 0) is 73.2 Å². The van der Waals surface area contributed by atoms with Crippen LogP contribution in [0.15, 0.2) is 47.3 Å². The van der Waals surface area contributed by atoms with Crippen molar-refractivity contribution in [2.24, 2.45) is 0 Å². The normalized spacial score (nSPS) is 10.1. The van der Waals surface area contributed by atoms with Gasteiger partial charge in [-0.25, -0.2) is 0 Å². The van der Waals surface area contributed by atoms with Gasteiger partial charge in [0, 0.05) is 36.3 Å². The van der Waals surface area contributed by atoms with Crippen LogP contribution in [0.3, 0.4) is 0 Å². The molecular weight excluding hydrogens is 416 g/mol. The highest BCUT2D eigenvalue weighted by Crippen LogP contribution is 2.27. The zero-order chi connectivity index (χ0) is 23.3. The quantitative estimate of drug-likeness (QED) is 0.556. The van der Waals surface area contributed by atoms with E-state index in [2.05, 4.69) is 39.8 Å². The van der Waals surface area contributed by atoms with Gasteiger partial charge in [0.2, 0.25) is 0 Å². The van der Waals surface area contributed by atoms with E-state index in [0.717, 1.165) is 28.6 Å². The van der Waals surface area contributed by atoms with Gasteiger partial charge in [0.15, 0.2) is 0 Å². The Morgan fingerprint density at radius 1 is 1.00 bits per heavy atom. The van der Waals surface area contributed by atoms with E-state index in [0.29, 0.717) is 12.1 Å². The number of carbonyl (C=O) groups excluding carboxylic acids is 1. The molecule has 0 saturated heterocycles. The fraction of sp³-hybridized carbons (Fsp3) is 0.407. The highest BCUT2D eigenvalue weighted by Gasteiger charge is 2.17. The summed E-state index contributed by atoms with van der Waals surface area (Å²) in [6.45, 7) is 14.9. The Kier molecular flexibility index (Phi) is 11.8. The SMILES string of the molecule is CC.CCc1cc(N(C)C(=O)c2ccc3c(c2)c(C(C)C)cc(=O)n3CC)ccc1C.O.O. The topological polar surface area (TPSA) is 105 Å². The van der Waals surface area contributed by atoms with Gasteiger partial charge in [0.25, 0.3) is 11.5 Å². The van der Waals surface area contributed by atoms with Gasteiger partial charge >= 0.3 is 0 Å². The van der Waals surface area contributed by atoms with Gasteiger partial charge in [0.05, 0.1) is 5.52 Å². The van der Waals surface area contributed by atoms with Gasteiger partial charge in [-0.15, -0.1) is 0 Å². The summed E-state index contributed by atoms with van der Waals surface area (Å²) in [5.41, 5.74) is 5.87. The van der Waals surface area contributed by atoms with Crippen LogP contribution in [0.25, 0.3) is 10.9 Å². The van der Waals surface area contributed by atoms with Crippen LogP contribution >= 0.6 is 0 Å². The van der Waals surface area contributed by atoms with Crippen LogP contribution in [0.5, 0.6) is 0 Å². The number of aromatic nitrogens is 1. The Balaban J connectivity index is 0.00000249. The Morgan fingerprint density at radius 2 is 1.64 bits per heavy atom. The van der Waals surface area contributed by atoms with Gasteiger partial charge in [-0.1, -0.05) is 40.7 Å². The van der Waals surface area contributed by atoms with Gasteiger partial charge in [0.1, 0.15) is 0 Å². The fourth-order valence-corrected chi connectivity index (χ4v) is 3.91. The first-order chi connectivity index (χ1) is 14.8. The van der Waals surface area contributed by atoms with E-state index in [1.54, 1.807) is 15.5 Å². The van der Waals surface area contributed by atoms with Crippen LogP contribution in [0.2, 0.25) is 0 Å². The van der Waals surface area contributed by atoms with E-state index < -0.39 is 0 Å². The minimum absolute atomic E-state index is 0. The number of rotatable bonds is 5. The van der Waals surface area contributed by atoms with Crippen molar-refractivity contribution in [1.82, 2.24) is 4.57 Å².